The first-order valence-corrected chi connectivity index (χ1v) is 9.75. The van der Waals surface area contributed by atoms with E-state index in [4.69, 9.17) is 11.6 Å². The second kappa shape index (κ2) is 6.56. The quantitative estimate of drug-likeness (QED) is 0.578. The summed E-state index contributed by atoms with van der Waals surface area (Å²) in [6, 6.07) is 3.25. The van der Waals surface area contributed by atoms with Crippen molar-refractivity contribution in [1.29, 1.82) is 0 Å². The number of hydrogen-bond donors (Lipinski definition) is 0. The van der Waals surface area contributed by atoms with Gasteiger partial charge in [0.05, 0.1) is 11.0 Å². The van der Waals surface area contributed by atoms with Crippen LogP contribution in [0.2, 0.25) is 5.02 Å². The Morgan fingerprint density at radius 3 is 2.62 bits per heavy atom. The van der Waals surface area contributed by atoms with Gasteiger partial charge in [0.15, 0.2) is 5.65 Å². The number of aryl methyl sites for hydroxylation is 1. The molecule has 1 saturated carbocycles. The van der Waals surface area contributed by atoms with Gasteiger partial charge in [0.1, 0.15) is 5.03 Å². The third-order valence-corrected chi connectivity index (χ3v) is 6.18. The van der Waals surface area contributed by atoms with Crippen LogP contribution < -0.4 is 0 Å². The van der Waals surface area contributed by atoms with Crippen LogP contribution in [0.4, 0.5) is 13.2 Å². The normalized spacial score (nSPS) is 16.2. The minimum Gasteiger partial charge on any atom is -0.267 e. The summed E-state index contributed by atoms with van der Waals surface area (Å²) >= 11 is 7.65. The molecule has 0 bridgehead atoms. The zero-order valence-corrected chi connectivity index (χ0v) is 15.5. The molecule has 1 fully saturated rings. The van der Waals surface area contributed by atoms with Crippen molar-refractivity contribution in [3.05, 3.63) is 28.5 Å². The Labute approximate surface area is 157 Å². The molecule has 0 unspecified atom stereocenters. The van der Waals surface area contributed by atoms with E-state index in [1.807, 2.05) is 6.92 Å². The summed E-state index contributed by atoms with van der Waals surface area (Å²) in [5.41, 5.74) is 1.77. The van der Waals surface area contributed by atoms with Crippen LogP contribution in [0.3, 0.4) is 0 Å². The van der Waals surface area contributed by atoms with Gasteiger partial charge in [-0.25, -0.2) is 4.98 Å². The monoisotopic (exact) mass is 400 g/mol. The summed E-state index contributed by atoms with van der Waals surface area (Å²) in [5, 5.41) is 8.49. The summed E-state index contributed by atoms with van der Waals surface area (Å²) in [6.07, 6.45) is 0.357. The second-order valence-corrected chi connectivity index (χ2v) is 8.13. The predicted molar refractivity (Wildman–Crippen MR) is 95.8 cm³/mol. The molecule has 1 aliphatic rings. The van der Waals surface area contributed by atoms with E-state index < -0.39 is 12.0 Å². The van der Waals surface area contributed by atoms with Crippen LogP contribution in [0.1, 0.15) is 44.0 Å². The van der Waals surface area contributed by atoms with Crippen molar-refractivity contribution in [3.63, 3.8) is 0 Å². The molecule has 0 saturated heterocycles. The SMILES string of the molecule is CCc1cc(Cl)cc2c1nc(SC1CCCC1)c1nnc(C(F)(F)F)n12. The fraction of sp³-hybridized carbons (Fsp3) is 0.471. The summed E-state index contributed by atoms with van der Waals surface area (Å²) < 4.78 is 41.6. The number of halogens is 4. The molecule has 0 atom stereocenters. The molecule has 4 rings (SSSR count). The molecule has 138 valence electrons. The van der Waals surface area contributed by atoms with E-state index in [0.29, 0.717) is 27.2 Å². The molecule has 2 aromatic heterocycles. The van der Waals surface area contributed by atoms with Gasteiger partial charge in [-0.15, -0.1) is 10.2 Å². The van der Waals surface area contributed by atoms with Crippen molar-refractivity contribution >= 4 is 40.0 Å². The summed E-state index contributed by atoms with van der Waals surface area (Å²) in [5.74, 6) is -1.04. The molecule has 9 heteroatoms. The number of rotatable bonds is 3. The van der Waals surface area contributed by atoms with Gasteiger partial charge in [-0.2, -0.15) is 13.2 Å². The summed E-state index contributed by atoms with van der Waals surface area (Å²) in [4.78, 5) is 4.69. The van der Waals surface area contributed by atoms with Crippen molar-refractivity contribution in [2.45, 2.75) is 55.5 Å². The first kappa shape index (κ1) is 17.9. The van der Waals surface area contributed by atoms with E-state index >= 15 is 0 Å². The van der Waals surface area contributed by atoms with E-state index in [1.54, 1.807) is 6.07 Å². The van der Waals surface area contributed by atoms with E-state index in [0.717, 1.165) is 35.6 Å². The average Bonchev–Trinajstić information content (AvgIpc) is 3.23. The molecule has 0 spiro atoms. The van der Waals surface area contributed by atoms with Crippen molar-refractivity contribution in [3.8, 4) is 0 Å². The van der Waals surface area contributed by atoms with E-state index in [9.17, 15) is 13.2 Å². The first-order chi connectivity index (χ1) is 12.4. The number of benzene rings is 1. The van der Waals surface area contributed by atoms with Gasteiger partial charge >= 0.3 is 6.18 Å². The fourth-order valence-electron chi connectivity index (χ4n) is 3.44. The molecule has 0 amide bonds. The van der Waals surface area contributed by atoms with Crippen LogP contribution in [0.5, 0.6) is 0 Å². The Kier molecular flexibility index (Phi) is 4.51. The Hall–Kier alpha value is -1.54. The maximum Gasteiger partial charge on any atom is 0.452 e. The number of thioether (sulfide) groups is 1. The zero-order chi connectivity index (χ0) is 18.5. The van der Waals surface area contributed by atoms with Crippen molar-refractivity contribution < 1.29 is 13.2 Å². The first-order valence-electron chi connectivity index (χ1n) is 8.49. The number of alkyl halides is 3. The molecule has 0 radical (unpaired) electrons. The van der Waals surface area contributed by atoms with Crippen molar-refractivity contribution in [1.82, 2.24) is 19.6 Å². The average molecular weight is 401 g/mol. The Bertz CT molecular complexity index is 980. The standard InChI is InChI=1S/C17H16ClF3N4S/c1-2-9-7-10(18)8-12-13(9)22-15(26-11-5-3-4-6-11)14-23-24-16(25(12)14)17(19,20)21/h7-8,11H,2-6H2,1H3. The van der Waals surface area contributed by atoms with Crippen LogP contribution in [0.25, 0.3) is 16.7 Å². The summed E-state index contributed by atoms with van der Waals surface area (Å²) in [7, 11) is 0. The van der Waals surface area contributed by atoms with E-state index in [-0.39, 0.29) is 11.2 Å². The molecule has 3 aromatic rings. The van der Waals surface area contributed by atoms with Crippen molar-refractivity contribution in [2.75, 3.05) is 0 Å². The largest absolute Gasteiger partial charge is 0.452 e. The maximum atomic E-state index is 13.5. The third-order valence-electron chi connectivity index (χ3n) is 4.66. The topological polar surface area (TPSA) is 43.1 Å². The van der Waals surface area contributed by atoms with Gasteiger partial charge in [-0.1, -0.05) is 43.1 Å². The van der Waals surface area contributed by atoms with Gasteiger partial charge in [0.25, 0.3) is 0 Å². The maximum absolute atomic E-state index is 13.5. The highest BCUT2D eigenvalue weighted by Crippen LogP contribution is 2.39. The van der Waals surface area contributed by atoms with E-state index in [1.165, 1.54) is 17.8 Å². The Morgan fingerprint density at radius 1 is 1.23 bits per heavy atom. The van der Waals surface area contributed by atoms with Crippen LogP contribution in [0.15, 0.2) is 17.2 Å². The minimum atomic E-state index is -4.61. The number of hydrogen-bond acceptors (Lipinski definition) is 4. The van der Waals surface area contributed by atoms with Gasteiger partial charge in [-0.05, 0) is 37.0 Å². The highest BCUT2D eigenvalue weighted by Gasteiger charge is 2.38. The van der Waals surface area contributed by atoms with Crippen LogP contribution in [-0.4, -0.2) is 24.8 Å². The smallest absolute Gasteiger partial charge is 0.267 e. The lowest BCUT2D eigenvalue weighted by Crippen LogP contribution is -2.12. The van der Waals surface area contributed by atoms with Gasteiger partial charge in [0.2, 0.25) is 5.82 Å². The van der Waals surface area contributed by atoms with Crippen molar-refractivity contribution in [2.24, 2.45) is 0 Å². The number of nitrogens with zero attached hydrogens (tertiary/aromatic N) is 4. The summed E-state index contributed by atoms with van der Waals surface area (Å²) in [6.45, 7) is 1.93. The lowest BCUT2D eigenvalue weighted by molar-refractivity contribution is -0.145. The molecular formula is C17H16ClF3N4S. The second-order valence-electron chi connectivity index (χ2n) is 6.41. The molecule has 1 aliphatic carbocycles. The lowest BCUT2D eigenvalue weighted by atomic mass is 10.1. The predicted octanol–water partition coefficient (Wildman–Crippen LogP) is 5.55. The number of fused-ring (bicyclic) bond motifs is 3. The molecule has 1 aromatic carbocycles. The zero-order valence-electron chi connectivity index (χ0n) is 14.0. The molecular weight excluding hydrogens is 385 g/mol. The Balaban J connectivity index is 2.04. The highest BCUT2D eigenvalue weighted by atomic mass is 35.5. The minimum absolute atomic E-state index is 0.144. The molecule has 0 aliphatic heterocycles. The van der Waals surface area contributed by atoms with Gasteiger partial charge in [0, 0.05) is 10.3 Å². The molecule has 26 heavy (non-hydrogen) atoms. The molecule has 2 heterocycles. The lowest BCUT2D eigenvalue weighted by Gasteiger charge is -2.14. The Morgan fingerprint density at radius 2 is 1.96 bits per heavy atom. The van der Waals surface area contributed by atoms with Crippen LogP contribution in [0, 0.1) is 0 Å². The van der Waals surface area contributed by atoms with Crippen LogP contribution >= 0.6 is 23.4 Å². The third kappa shape index (κ3) is 3.03. The molecule has 4 nitrogen and oxygen atoms in total. The van der Waals surface area contributed by atoms with Gasteiger partial charge in [-0.3, -0.25) is 4.40 Å². The number of aromatic nitrogens is 4. The molecule has 0 N–H and O–H groups in total. The van der Waals surface area contributed by atoms with E-state index in [2.05, 4.69) is 15.2 Å². The van der Waals surface area contributed by atoms with Gasteiger partial charge < -0.3 is 0 Å². The highest BCUT2D eigenvalue weighted by molar-refractivity contribution is 8.00. The fourth-order valence-corrected chi connectivity index (χ4v) is 4.94. The van der Waals surface area contributed by atoms with Crippen LogP contribution in [-0.2, 0) is 12.6 Å².